The van der Waals surface area contributed by atoms with E-state index >= 15 is 0 Å². The summed E-state index contributed by atoms with van der Waals surface area (Å²) in [5, 5.41) is 9.88. The number of likely N-dealkylation sites (tertiary alicyclic amines) is 1. The van der Waals surface area contributed by atoms with Crippen LogP contribution >= 0.6 is 0 Å². The highest BCUT2D eigenvalue weighted by atomic mass is 16.2. The van der Waals surface area contributed by atoms with E-state index in [4.69, 9.17) is 0 Å². The molecule has 2 aliphatic rings. The molecular formula is C12H14N6O. The molecule has 2 aromatic rings. The third kappa shape index (κ3) is 1.74. The highest BCUT2D eigenvalue weighted by Crippen LogP contribution is 2.24. The SMILES string of the molecule is O=C1NCC2(CN(Cc3ccn4ncnc4c3)C2)N1. The average molecular weight is 258 g/mol. The van der Waals surface area contributed by atoms with Crippen LogP contribution in [0.5, 0.6) is 0 Å². The first-order chi connectivity index (χ1) is 9.22. The van der Waals surface area contributed by atoms with Gasteiger partial charge in [0, 0.05) is 32.4 Å². The first-order valence-electron chi connectivity index (χ1n) is 6.29. The number of urea groups is 1. The molecule has 7 heteroatoms. The van der Waals surface area contributed by atoms with Gasteiger partial charge >= 0.3 is 6.03 Å². The molecule has 98 valence electrons. The van der Waals surface area contributed by atoms with Gasteiger partial charge in [0.15, 0.2) is 5.65 Å². The number of nitrogens with zero attached hydrogens (tertiary/aromatic N) is 4. The largest absolute Gasteiger partial charge is 0.336 e. The van der Waals surface area contributed by atoms with E-state index in [0.717, 1.165) is 31.8 Å². The molecule has 0 atom stereocenters. The Balaban J connectivity index is 1.44. The fourth-order valence-electron chi connectivity index (χ4n) is 2.91. The molecule has 2 aliphatic heterocycles. The van der Waals surface area contributed by atoms with Gasteiger partial charge in [-0.25, -0.2) is 14.3 Å². The van der Waals surface area contributed by atoms with Crippen molar-refractivity contribution in [3.05, 3.63) is 30.2 Å². The normalized spacial score (nSPS) is 21.4. The maximum absolute atomic E-state index is 11.2. The molecule has 2 amide bonds. The maximum Gasteiger partial charge on any atom is 0.315 e. The first-order valence-corrected chi connectivity index (χ1v) is 6.29. The second-order valence-corrected chi connectivity index (χ2v) is 5.33. The average Bonchev–Trinajstić information content (AvgIpc) is 2.94. The monoisotopic (exact) mass is 258 g/mol. The van der Waals surface area contributed by atoms with Gasteiger partial charge in [0.2, 0.25) is 0 Å². The van der Waals surface area contributed by atoms with E-state index in [1.807, 2.05) is 12.3 Å². The van der Waals surface area contributed by atoms with Gasteiger partial charge in [0.1, 0.15) is 6.33 Å². The first kappa shape index (κ1) is 10.7. The van der Waals surface area contributed by atoms with E-state index in [1.54, 1.807) is 10.8 Å². The maximum atomic E-state index is 11.2. The molecule has 0 aliphatic carbocycles. The van der Waals surface area contributed by atoms with Gasteiger partial charge < -0.3 is 10.6 Å². The number of carbonyl (C=O) groups is 1. The molecule has 0 bridgehead atoms. The Morgan fingerprint density at radius 3 is 3.11 bits per heavy atom. The lowest BCUT2D eigenvalue weighted by Gasteiger charge is -2.47. The number of carbonyl (C=O) groups excluding carboxylic acids is 1. The Kier molecular flexibility index (Phi) is 2.08. The minimum atomic E-state index is -0.0514. The Hall–Kier alpha value is -2.15. The smallest absolute Gasteiger partial charge is 0.315 e. The Morgan fingerprint density at radius 1 is 1.42 bits per heavy atom. The Bertz CT molecular complexity index is 644. The van der Waals surface area contributed by atoms with Crippen LogP contribution in [0.1, 0.15) is 5.56 Å². The van der Waals surface area contributed by atoms with Gasteiger partial charge in [-0.1, -0.05) is 0 Å². The highest BCUT2D eigenvalue weighted by molar-refractivity contribution is 5.78. The zero-order valence-corrected chi connectivity index (χ0v) is 10.3. The van der Waals surface area contributed by atoms with E-state index in [1.165, 1.54) is 5.56 Å². The molecule has 19 heavy (non-hydrogen) atoms. The number of amides is 2. The fraction of sp³-hybridized carbons (Fsp3) is 0.417. The second kappa shape index (κ2) is 3.67. The number of fused-ring (bicyclic) bond motifs is 1. The summed E-state index contributed by atoms with van der Waals surface area (Å²) < 4.78 is 1.75. The third-order valence-electron chi connectivity index (χ3n) is 3.77. The van der Waals surface area contributed by atoms with Gasteiger partial charge in [-0.15, -0.1) is 0 Å². The molecule has 0 unspecified atom stereocenters. The van der Waals surface area contributed by atoms with Crippen molar-refractivity contribution in [2.24, 2.45) is 0 Å². The van der Waals surface area contributed by atoms with E-state index in [0.29, 0.717) is 0 Å². The van der Waals surface area contributed by atoms with Gasteiger partial charge in [-0.05, 0) is 17.7 Å². The van der Waals surface area contributed by atoms with Crippen molar-refractivity contribution in [3.8, 4) is 0 Å². The van der Waals surface area contributed by atoms with Crippen LogP contribution in [-0.2, 0) is 6.54 Å². The predicted molar refractivity (Wildman–Crippen MR) is 67.5 cm³/mol. The molecule has 4 heterocycles. The Labute approximate surface area is 109 Å². The van der Waals surface area contributed by atoms with E-state index in [2.05, 4.69) is 31.7 Å². The fourth-order valence-corrected chi connectivity index (χ4v) is 2.91. The van der Waals surface area contributed by atoms with Crippen molar-refractivity contribution in [3.63, 3.8) is 0 Å². The lowest BCUT2D eigenvalue weighted by atomic mass is 9.90. The zero-order valence-electron chi connectivity index (χ0n) is 10.3. The Morgan fingerprint density at radius 2 is 2.32 bits per heavy atom. The standard InChI is InChI=1S/C12H14N6O/c19-11-13-5-12(16-11)6-17(7-12)4-9-1-2-18-10(3-9)14-8-15-18/h1-3,8H,4-7H2,(H2,13,16,19). The van der Waals surface area contributed by atoms with Gasteiger partial charge in [-0.3, -0.25) is 4.90 Å². The van der Waals surface area contributed by atoms with E-state index in [-0.39, 0.29) is 11.6 Å². The molecule has 7 nitrogen and oxygen atoms in total. The summed E-state index contributed by atoms with van der Waals surface area (Å²) in [7, 11) is 0. The van der Waals surface area contributed by atoms with Crippen LogP contribution in [0.25, 0.3) is 5.65 Å². The number of rotatable bonds is 2. The lowest BCUT2D eigenvalue weighted by molar-refractivity contribution is 0.0595. The van der Waals surface area contributed by atoms with Crippen molar-refractivity contribution < 1.29 is 4.79 Å². The summed E-state index contributed by atoms with van der Waals surface area (Å²) in [5.41, 5.74) is 2.03. The molecule has 2 fully saturated rings. The molecule has 0 aromatic carbocycles. The molecular weight excluding hydrogens is 244 g/mol. The van der Waals surface area contributed by atoms with Crippen LogP contribution in [-0.4, -0.2) is 50.7 Å². The lowest BCUT2D eigenvalue weighted by Crippen LogP contribution is -2.68. The van der Waals surface area contributed by atoms with Crippen molar-refractivity contribution in [2.75, 3.05) is 19.6 Å². The minimum Gasteiger partial charge on any atom is -0.336 e. The molecule has 2 aromatic heterocycles. The zero-order chi connectivity index (χ0) is 12.9. The number of aromatic nitrogens is 3. The molecule has 1 spiro atoms. The summed E-state index contributed by atoms with van der Waals surface area (Å²) in [6, 6.07) is 4.05. The van der Waals surface area contributed by atoms with Crippen LogP contribution in [0.3, 0.4) is 0 Å². The van der Waals surface area contributed by atoms with Crippen LogP contribution < -0.4 is 10.6 Å². The predicted octanol–water partition coefficient (Wildman–Crippen LogP) is -0.404. The van der Waals surface area contributed by atoms with Crippen LogP contribution in [0.15, 0.2) is 24.7 Å². The summed E-state index contributed by atoms with van der Waals surface area (Å²) in [5.74, 6) is 0. The summed E-state index contributed by atoms with van der Waals surface area (Å²) in [6.45, 7) is 3.39. The minimum absolute atomic E-state index is 0.0456. The van der Waals surface area contributed by atoms with Crippen molar-refractivity contribution >= 4 is 11.7 Å². The molecule has 4 rings (SSSR count). The van der Waals surface area contributed by atoms with Gasteiger partial charge in [0.05, 0.1) is 5.54 Å². The molecule has 2 N–H and O–H groups in total. The van der Waals surface area contributed by atoms with Crippen LogP contribution in [0.4, 0.5) is 4.79 Å². The third-order valence-corrected chi connectivity index (χ3v) is 3.77. The number of hydrogen-bond donors (Lipinski definition) is 2. The summed E-state index contributed by atoms with van der Waals surface area (Å²) in [6.07, 6.45) is 3.48. The molecule has 0 saturated carbocycles. The van der Waals surface area contributed by atoms with Gasteiger partial charge in [-0.2, -0.15) is 5.10 Å². The summed E-state index contributed by atoms with van der Waals surface area (Å²) >= 11 is 0. The van der Waals surface area contributed by atoms with E-state index < -0.39 is 0 Å². The van der Waals surface area contributed by atoms with Crippen LogP contribution in [0, 0.1) is 0 Å². The topological polar surface area (TPSA) is 74.6 Å². The van der Waals surface area contributed by atoms with E-state index in [9.17, 15) is 4.79 Å². The quantitative estimate of drug-likeness (QED) is 0.768. The number of hydrogen-bond acceptors (Lipinski definition) is 4. The van der Waals surface area contributed by atoms with Crippen molar-refractivity contribution in [2.45, 2.75) is 12.1 Å². The van der Waals surface area contributed by atoms with Gasteiger partial charge in [0.25, 0.3) is 0 Å². The molecule has 2 saturated heterocycles. The summed E-state index contributed by atoms with van der Waals surface area (Å²) in [4.78, 5) is 17.7. The number of pyridine rings is 1. The highest BCUT2D eigenvalue weighted by Gasteiger charge is 2.47. The molecule has 0 radical (unpaired) electrons. The van der Waals surface area contributed by atoms with Crippen LogP contribution in [0.2, 0.25) is 0 Å². The number of nitrogens with one attached hydrogen (secondary N) is 2. The second-order valence-electron chi connectivity index (χ2n) is 5.33. The van der Waals surface area contributed by atoms with Crippen molar-refractivity contribution in [1.29, 1.82) is 0 Å². The van der Waals surface area contributed by atoms with Crippen molar-refractivity contribution in [1.82, 2.24) is 30.1 Å².